The van der Waals surface area contributed by atoms with Crippen LogP contribution in [0.4, 0.5) is 0 Å². The van der Waals surface area contributed by atoms with Crippen LogP contribution in [-0.4, -0.2) is 36.2 Å². The van der Waals surface area contributed by atoms with Crippen molar-refractivity contribution >= 4 is 26.1 Å². The molecule has 3 rings (SSSR count). The molecule has 7 nitrogen and oxygen atoms in total. The Hall–Kier alpha value is -3.94. The second kappa shape index (κ2) is 9.32. The number of ether oxygens (including phenoxy) is 2. The van der Waals surface area contributed by atoms with Crippen LogP contribution >= 0.6 is 0 Å². The summed E-state index contributed by atoms with van der Waals surface area (Å²) in [4.78, 5) is 39.7. The van der Waals surface area contributed by atoms with Crippen LogP contribution < -0.4 is 9.47 Å². The van der Waals surface area contributed by atoms with E-state index in [4.69, 9.17) is 9.47 Å². The number of nitrogens with zero attached hydrogens (tertiary/aromatic N) is 1. The molecule has 1 N–H and O–H groups in total. The number of aromatic nitrogens is 1. The molecule has 143 valence electrons. The molecule has 8 heteroatoms. The van der Waals surface area contributed by atoms with Gasteiger partial charge in [0.1, 0.15) is 0 Å². The summed E-state index contributed by atoms with van der Waals surface area (Å²) >= 11 is 0. The molecule has 0 amide bonds. The SMILES string of the molecule is CC(=O)c1cccc(C(=O)Oc2nc(OC(=O)c3ccccc3)ccc2O)c1.[B]. The number of rotatable bonds is 5. The first-order chi connectivity index (χ1) is 13.4. The van der Waals surface area contributed by atoms with Crippen molar-refractivity contribution in [2.24, 2.45) is 0 Å². The lowest BCUT2D eigenvalue weighted by molar-refractivity contribution is 0.0713. The lowest BCUT2D eigenvalue weighted by atomic mass is 10.1. The number of aromatic hydroxyl groups is 1. The number of ketones is 1. The summed E-state index contributed by atoms with van der Waals surface area (Å²) in [6.45, 7) is 1.38. The molecule has 0 aliphatic heterocycles. The summed E-state index contributed by atoms with van der Waals surface area (Å²) < 4.78 is 10.2. The Morgan fingerprint density at radius 1 is 0.793 bits per heavy atom. The van der Waals surface area contributed by atoms with Gasteiger partial charge in [0.15, 0.2) is 11.5 Å². The van der Waals surface area contributed by atoms with Gasteiger partial charge in [-0.1, -0.05) is 30.3 Å². The molecular weight excluding hydrogens is 373 g/mol. The van der Waals surface area contributed by atoms with Gasteiger partial charge in [0, 0.05) is 20.0 Å². The molecule has 0 saturated carbocycles. The average Bonchev–Trinajstić information content (AvgIpc) is 2.71. The maximum absolute atomic E-state index is 12.3. The van der Waals surface area contributed by atoms with Crippen molar-refractivity contribution in [3.8, 4) is 17.5 Å². The molecule has 1 heterocycles. The fourth-order valence-corrected chi connectivity index (χ4v) is 2.29. The van der Waals surface area contributed by atoms with Gasteiger partial charge < -0.3 is 14.6 Å². The third-order valence-electron chi connectivity index (χ3n) is 3.72. The smallest absolute Gasteiger partial charge is 0.345 e. The van der Waals surface area contributed by atoms with Gasteiger partial charge in [-0.2, -0.15) is 4.98 Å². The minimum atomic E-state index is -0.822. The minimum absolute atomic E-state index is 0. The van der Waals surface area contributed by atoms with Crippen molar-refractivity contribution in [3.63, 3.8) is 0 Å². The average molecular weight is 388 g/mol. The first kappa shape index (κ1) is 21.4. The Bertz CT molecular complexity index is 1050. The van der Waals surface area contributed by atoms with E-state index in [0.29, 0.717) is 11.1 Å². The molecule has 0 aliphatic carbocycles. The summed E-state index contributed by atoms with van der Waals surface area (Å²) in [5.74, 6) is -2.65. The predicted molar refractivity (Wildman–Crippen MR) is 104 cm³/mol. The summed E-state index contributed by atoms with van der Waals surface area (Å²) in [5.41, 5.74) is 0.773. The summed E-state index contributed by atoms with van der Waals surface area (Å²) in [7, 11) is 0. The van der Waals surface area contributed by atoms with Gasteiger partial charge in [0.2, 0.25) is 5.88 Å². The second-order valence-corrected chi connectivity index (χ2v) is 5.76. The van der Waals surface area contributed by atoms with Crippen LogP contribution in [0.25, 0.3) is 0 Å². The Balaban J connectivity index is 0.00000300. The zero-order valence-corrected chi connectivity index (χ0v) is 15.4. The van der Waals surface area contributed by atoms with E-state index in [1.165, 1.54) is 31.2 Å². The summed E-state index contributed by atoms with van der Waals surface area (Å²) in [6.07, 6.45) is 0. The lowest BCUT2D eigenvalue weighted by Crippen LogP contribution is -2.12. The zero-order chi connectivity index (χ0) is 20.1. The highest BCUT2D eigenvalue weighted by atomic mass is 16.6. The number of esters is 2. The molecule has 0 fully saturated rings. The molecular formula is C21H15BNO6. The maximum atomic E-state index is 12.3. The van der Waals surface area contributed by atoms with Gasteiger partial charge in [-0.3, -0.25) is 4.79 Å². The number of hydrogen-bond donors (Lipinski definition) is 1. The standard InChI is InChI=1S/C21H15NO6.B/c1-13(23)15-8-5-9-16(12-15)21(26)28-19-17(24)10-11-18(22-19)27-20(25)14-6-3-2-4-7-14;/h2-12,24H,1H3;. The highest BCUT2D eigenvalue weighted by Gasteiger charge is 2.17. The maximum Gasteiger partial charge on any atom is 0.345 e. The number of Topliss-reactive ketones (excluding diaryl/α,β-unsaturated/α-hetero) is 1. The Morgan fingerprint density at radius 2 is 1.41 bits per heavy atom. The van der Waals surface area contributed by atoms with Crippen LogP contribution in [0.2, 0.25) is 0 Å². The first-order valence-corrected chi connectivity index (χ1v) is 8.24. The van der Waals surface area contributed by atoms with E-state index in [1.807, 2.05) is 0 Å². The quantitative estimate of drug-likeness (QED) is 0.407. The largest absolute Gasteiger partial charge is 0.503 e. The zero-order valence-electron chi connectivity index (χ0n) is 15.4. The van der Waals surface area contributed by atoms with Crippen molar-refractivity contribution in [1.29, 1.82) is 0 Å². The van der Waals surface area contributed by atoms with Crippen LogP contribution in [0.1, 0.15) is 38.0 Å². The number of hydrogen-bond acceptors (Lipinski definition) is 7. The Kier molecular flexibility index (Phi) is 6.87. The monoisotopic (exact) mass is 388 g/mol. The van der Waals surface area contributed by atoms with Gasteiger partial charge in [0.25, 0.3) is 5.88 Å². The summed E-state index contributed by atoms with van der Waals surface area (Å²) in [6, 6.07) is 16.7. The highest BCUT2D eigenvalue weighted by Crippen LogP contribution is 2.27. The molecule has 3 radical (unpaired) electrons. The fraction of sp³-hybridized carbons (Fsp3) is 0.0476. The number of benzene rings is 2. The molecule has 0 unspecified atom stereocenters. The fourth-order valence-electron chi connectivity index (χ4n) is 2.29. The van der Waals surface area contributed by atoms with Crippen molar-refractivity contribution in [1.82, 2.24) is 4.98 Å². The van der Waals surface area contributed by atoms with Gasteiger partial charge in [0.05, 0.1) is 11.1 Å². The van der Waals surface area contributed by atoms with E-state index in [-0.39, 0.29) is 25.6 Å². The molecule has 29 heavy (non-hydrogen) atoms. The van der Waals surface area contributed by atoms with Crippen molar-refractivity contribution in [3.05, 3.63) is 83.4 Å². The normalized spacial score (nSPS) is 9.83. The van der Waals surface area contributed by atoms with Gasteiger partial charge in [-0.15, -0.1) is 0 Å². The van der Waals surface area contributed by atoms with Gasteiger partial charge >= 0.3 is 11.9 Å². The summed E-state index contributed by atoms with van der Waals surface area (Å²) in [5, 5.41) is 9.89. The van der Waals surface area contributed by atoms with Gasteiger partial charge in [-0.25, -0.2) is 9.59 Å². The van der Waals surface area contributed by atoms with Crippen molar-refractivity contribution in [2.45, 2.75) is 6.92 Å². The van der Waals surface area contributed by atoms with E-state index in [1.54, 1.807) is 42.5 Å². The van der Waals surface area contributed by atoms with Crippen LogP contribution in [0.5, 0.6) is 17.5 Å². The molecule has 0 bridgehead atoms. The Morgan fingerprint density at radius 3 is 2.10 bits per heavy atom. The number of pyridine rings is 1. The van der Waals surface area contributed by atoms with E-state index in [2.05, 4.69) is 4.98 Å². The predicted octanol–water partition coefficient (Wildman–Crippen LogP) is 3.05. The second-order valence-electron chi connectivity index (χ2n) is 5.76. The van der Waals surface area contributed by atoms with Crippen LogP contribution in [-0.2, 0) is 0 Å². The minimum Gasteiger partial charge on any atom is -0.503 e. The van der Waals surface area contributed by atoms with Gasteiger partial charge in [-0.05, 0) is 37.3 Å². The lowest BCUT2D eigenvalue weighted by Gasteiger charge is -2.08. The van der Waals surface area contributed by atoms with Crippen molar-refractivity contribution < 1.29 is 29.0 Å². The number of carbonyl (C=O) groups excluding carboxylic acids is 3. The Labute approximate surface area is 168 Å². The van der Waals surface area contributed by atoms with E-state index in [0.717, 1.165) is 0 Å². The molecule has 0 saturated heterocycles. The van der Waals surface area contributed by atoms with Crippen LogP contribution in [0.15, 0.2) is 66.7 Å². The highest BCUT2D eigenvalue weighted by molar-refractivity contribution is 5.98. The van der Waals surface area contributed by atoms with E-state index >= 15 is 0 Å². The third kappa shape index (κ3) is 5.29. The van der Waals surface area contributed by atoms with E-state index in [9.17, 15) is 19.5 Å². The molecule has 0 aliphatic rings. The van der Waals surface area contributed by atoms with E-state index < -0.39 is 23.6 Å². The molecule has 0 spiro atoms. The first-order valence-electron chi connectivity index (χ1n) is 8.24. The van der Waals surface area contributed by atoms with Crippen molar-refractivity contribution in [2.75, 3.05) is 0 Å². The molecule has 2 aromatic carbocycles. The molecule has 1 aromatic heterocycles. The number of carbonyl (C=O) groups is 3. The van der Waals surface area contributed by atoms with Crippen LogP contribution in [0, 0.1) is 0 Å². The van der Waals surface area contributed by atoms with Crippen LogP contribution in [0.3, 0.4) is 0 Å². The topological polar surface area (TPSA) is 103 Å². The third-order valence-corrected chi connectivity index (χ3v) is 3.72. The molecule has 0 atom stereocenters. The molecule has 3 aromatic rings.